The van der Waals surface area contributed by atoms with Crippen molar-refractivity contribution in [2.75, 3.05) is 11.1 Å². The number of amides is 1. The van der Waals surface area contributed by atoms with Crippen LogP contribution in [0.5, 0.6) is 0 Å². The summed E-state index contributed by atoms with van der Waals surface area (Å²) in [5.74, 6) is -0.246. The zero-order chi connectivity index (χ0) is 20.3. The normalized spacial score (nSPS) is 10.7. The molecule has 0 aliphatic carbocycles. The molecule has 0 aliphatic rings. The lowest BCUT2D eigenvalue weighted by molar-refractivity contribution is -0.384. The second-order valence-electron chi connectivity index (χ2n) is 6.06. The lowest BCUT2D eigenvalue weighted by atomic mass is 10.1. The first-order chi connectivity index (χ1) is 13.4. The van der Waals surface area contributed by atoms with E-state index in [-0.39, 0.29) is 28.1 Å². The Morgan fingerprint density at radius 1 is 1.32 bits per heavy atom. The van der Waals surface area contributed by atoms with Crippen LogP contribution in [0.3, 0.4) is 0 Å². The molecule has 0 saturated heterocycles. The average Bonchev–Trinajstić information content (AvgIpc) is 3.12. The van der Waals surface area contributed by atoms with Gasteiger partial charge in [0.2, 0.25) is 5.91 Å². The molecule has 1 N–H and O–H groups in total. The molecule has 0 atom stereocenters. The van der Waals surface area contributed by atoms with Crippen LogP contribution < -0.4 is 5.32 Å². The van der Waals surface area contributed by atoms with Crippen LogP contribution in [0.1, 0.15) is 11.1 Å². The highest BCUT2D eigenvalue weighted by Gasteiger charge is 2.14. The number of nitro benzene ring substituents is 1. The summed E-state index contributed by atoms with van der Waals surface area (Å²) in [6, 6.07) is 9.92. The van der Waals surface area contributed by atoms with Crippen LogP contribution in [0.4, 0.5) is 11.4 Å². The number of hydrogen-bond donors (Lipinski definition) is 1. The largest absolute Gasteiger partial charge is 0.324 e. The highest BCUT2D eigenvalue weighted by Crippen LogP contribution is 2.28. The van der Waals surface area contributed by atoms with Crippen molar-refractivity contribution in [1.82, 2.24) is 9.55 Å². The summed E-state index contributed by atoms with van der Waals surface area (Å²) in [6.07, 6.45) is 3.53. The van der Waals surface area contributed by atoms with Crippen LogP contribution >= 0.6 is 23.4 Å². The summed E-state index contributed by atoms with van der Waals surface area (Å²) in [5, 5.41) is 14.4. The second kappa shape index (κ2) is 8.45. The van der Waals surface area contributed by atoms with Crippen LogP contribution in [0, 0.1) is 24.0 Å². The minimum Gasteiger partial charge on any atom is -0.324 e. The fourth-order valence-corrected chi connectivity index (χ4v) is 3.55. The van der Waals surface area contributed by atoms with Crippen molar-refractivity contribution in [1.29, 1.82) is 0 Å². The maximum absolute atomic E-state index is 12.3. The Balaban J connectivity index is 1.72. The molecular weight excluding hydrogens is 400 g/mol. The number of hydrogen-bond acceptors (Lipinski definition) is 5. The number of aryl methyl sites for hydroxylation is 1. The molecule has 0 unspecified atom stereocenters. The molecule has 1 aromatic heterocycles. The van der Waals surface area contributed by atoms with Crippen LogP contribution in [0.2, 0.25) is 5.02 Å². The van der Waals surface area contributed by atoms with Crippen molar-refractivity contribution in [2.24, 2.45) is 0 Å². The Morgan fingerprint density at radius 2 is 2.11 bits per heavy atom. The standard InChI is InChI=1S/C19H17ClN4O3S/c1-12-4-3-5-17(13(12)2)23-9-8-21-19(23)28-11-18(25)22-16-10-14(24(26)27)6-7-15(16)20/h3-10H,11H2,1-2H3,(H,22,25). The van der Waals surface area contributed by atoms with Gasteiger partial charge in [0.15, 0.2) is 5.16 Å². The van der Waals surface area contributed by atoms with E-state index >= 15 is 0 Å². The molecule has 7 nitrogen and oxygen atoms in total. The maximum atomic E-state index is 12.3. The predicted molar refractivity (Wildman–Crippen MR) is 110 cm³/mol. The minimum atomic E-state index is -0.540. The van der Waals surface area contributed by atoms with Gasteiger partial charge in [-0.25, -0.2) is 4.98 Å². The van der Waals surface area contributed by atoms with Gasteiger partial charge < -0.3 is 5.32 Å². The smallest absolute Gasteiger partial charge is 0.271 e. The Labute approximate surface area is 170 Å². The van der Waals surface area contributed by atoms with Crippen LogP contribution in [0.25, 0.3) is 5.69 Å². The molecular formula is C19H17ClN4O3S. The Hall–Kier alpha value is -2.84. The van der Waals surface area contributed by atoms with Crippen molar-refractivity contribution in [3.63, 3.8) is 0 Å². The molecule has 0 spiro atoms. The highest BCUT2D eigenvalue weighted by molar-refractivity contribution is 7.99. The number of benzene rings is 2. The van der Waals surface area contributed by atoms with Crippen LogP contribution in [-0.4, -0.2) is 26.1 Å². The number of aromatic nitrogens is 2. The molecule has 0 aliphatic heterocycles. The molecule has 0 bridgehead atoms. The number of anilines is 1. The third kappa shape index (κ3) is 4.35. The average molecular weight is 417 g/mol. The molecule has 0 fully saturated rings. The van der Waals surface area contributed by atoms with Crippen molar-refractivity contribution >= 4 is 40.6 Å². The number of halogens is 1. The monoisotopic (exact) mass is 416 g/mol. The summed E-state index contributed by atoms with van der Waals surface area (Å²) >= 11 is 7.29. The summed E-state index contributed by atoms with van der Waals surface area (Å²) < 4.78 is 1.93. The number of nitro groups is 1. The Bertz CT molecular complexity index is 1050. The fraction of sp³-hybridized carbons (Fsp3) is 0.158. The zero-order valence-corrected chi connectivity index (χ0v) is 16.8. The van der Waals surface area contributed by atoms with Gasteiger partial charge in [-0.15, -0.1) is 0 Å². The van der Waals surface area contributed by atoms with E-state index in [9.17, 15) is 14.9 Å². The van der Waals surface area contributed by atoms with E-state index in [1.807, 2.05) is 42.8 Å². The summed E-state index contributed by atoms with van der Waals surface area (Å²) in [7, 11) is 0. The van der Waals surface area contributed by atoms with Gasteiger partial charge in [-0.1, -0.05) is 35.5 Å². The van der Waals surface area contributed by atoms with Crippen molar-refractivity contribution in [3.05, 3.63) is 75.1 Å². The van der Waals surface area contributed by atoms with E-state index in [0.717, 1.165) is 11.3 Å². The molecule has 1 amide bonds. The van der Waals surface area contributed by atoms with Gasteiger partial charge in [-0.3, -0.25) is 19.5 Å². The maximum Gasteiger partial charge on any atom is 0.271 e. The van der Waals surface area contributed by atoms with E-state index in [4.69, 9.17) is 11.6 Å². The van der Waals surface area contributed by atoms with E-state index in [1.165, 1.54) is 35.5 Å². The summed E-state index contributed by atoms with van der Waals surface area (Å²) in [5.41, 5.74) is 3.37. The van der Waals surface area contributed by atoms with Gasteiger partial charge in [0.25, 0.3) is 5.69 Å². The third-order valence-electron chi connectivity index (χ3n) is 4.21. The Kier molecular flexibility index (Phi) is 6.01. The molecule has 28 heavy (non-hydrogen) atoms. The zero-order valence-electron chi connectivity index (χ0n) is 15.2. The van der Waals surface area contributed by atoms with E-state index in [2.05, 4.69) is 10.3 Å². The quantitative estimate of drug-likeness (QED) is 0.354. The number of rotatable bonds is 6. The number of thioether (sulfide) groups is 1. The molecule has 3 rings (SSSR count). The molecule has 2 aromatic carbocycles. The van der Waals surface area contributed by atoms with Gasteiger partial charge >= 0.3 is 0 Å². The number of non-ortho nitro benzene ring substituents is 1. The van der Waals surface area contributed by atoms with E-state index < -0.39 is 4.92 Å². The molecule has 144 valence electrons. The first-order valence-electron chi connectivity index (χ1n) is 8.33. The lowest BCUT2D eigenvalue weighted by Crippen LogP contribution is -2.15. The van der Waals surface area contributed by atoms with Crippen molar-refractivity contribution in [2.45, 2.75) is 19.0 Å². The van der Waals surface area contributed by atoms with Crippen molar-refractivity contribution in [3.8, 4) is 5.69 Å². The second-order valence-corrected chi connectivity index (χ2v) is 7.41. The first-order valence-corrected chi connectivity index (χ1v) is 9.69. The van der Waals surface area contributed by atoms with Gasteiger partial charge in [0, 0.05) is 24.5 Å². The minimum absolute atomic E-state index is 0.0842. The molecule has 9 heteroatoms. The number of nitrogens with zero attached hydrogens (tertiary/aromatic N) is 3. The number of carbonyl (C=O) groups is 1. The number of imidazole rings is 1. The molecule has 0 radical (unpaired) electrons. The van der Waals surface area contributed by atoms with Gasteiger partial charge in [-0.2, -0.15) is 0 Å². The predicted octanol–water partition coefficient (Wildman–Crippen LogP) is 4.78. The van der Waals surface area contributed by atoms with Crippen molar-refractivity contribution < 1.29 is 9.72 Å². The van der Waals surface area contributed by atoms with E-state index in [1.54, 1.807) is 6.20 Å². The SMILES string of the molecule is Cc1cccc(-n2ccnc2SCC(=O)Nc2cc([N+](=O)[O-])ccc2Cl)c1C. The molecule has 3 aromatic rings. The number of nitrogens with one attached hydrogen (secondary N) is 1. The summed E-state index contributed by atoms with van der Waals surface area (Å²) in [4.78, 5) is 27.0. The Morgan fingerprint density at radius 3 is 2.86 bits per heavy atom. The fourth-order valence-electron chi connectivity index (χ4n) is 2.62. The van der Waals surface area contributed by atoms with Gasteiger partial charge in [0.1, 0.15) is 0 Å². The van der Waals surface area contributed by atoms with Crippen LogP contribution in [0.15, 0.2) is 53.9 Å². The highest BCUT2D eigenvalue weighted by atomic mass is 35.5. The summed E-state index contributed by atoms with van der Waals surface area (Å²) in [6.45, 7) is 4.08. The molecule has 1 heterocycles. The lowest BCUT2D eigenvalue weighted by Gasteiger charge is -2.12. The van der Waals surface area contributed by atoms with Crippen LogP contribution in [-0.2, 0) is 4.79 Å². The topological polar surface area (TPSA) is 90.1 Å². The third-order valence-corrected chi connectivity index (χ3v) is 5.51. The van der Waals surface area contributed by atoms with E-state index in [0.29, 0.717) is 5.16 Å². The molecule has 0 saturated carbocycles. The number of carbonyl (C=O) groups excluding carboxylic acids is 1. The first kappa shape index (κ1) is 19.9. The van der Waals surface area contributed by atoms with Gasteiger partial charge in [-0.05, 0) is 37.1 Å². The van der Waals surface area contributed by atoms with Gasteiger partial charge in [0.05, 0.1) is 27.1 Å².